The number of benzene rings is 1. The van der Waals surface area contributed by atoms with Gasteiger partial charge in [0.15, 0.2) is 5.96 Å². The zero-order valence-corrected chi connectivity index (χ0v) is 19.7. The van der Waals surface area contributed by atoms with Crippen molar-refractivity contribution in [1.82, 2.24) is 15.5 Å². The number of likely N-dealkylation sites (N-methyl/N-ethyl adjacent to an activating group) is 1. The van der Waals surface area contributed by atoms with Gasteiger partial charge in [-0.1, -0.05) is 52.2 Å². The van der Waals surface area contributed by atoms with Crippen molar-refractivity contribution in [3.8, 4) is 0 Å². The van der Waals surface area contributed by atoms with Crippen LogP contribution in [0.4, 0.5) is 0 Å². The molecule has 0 unspecified atom stereocenters. The first kappa shape index (κ1) is 25.9. The number of rotatable bonds is 11. The molecular formula is C21H37N5O3S. The number of unbranched alkanes of at least 4 members (excludes halogenated alkanes) is 2. The molecule has 1 rings (SSSR count). The molecule has 4 N–H and O–H groups in total. The predicted molar refractivity (Wildman–Crippen MR) is 122 cm³/mol. The highest BCUT2D eigenvalue weighted by molar-refractivity contribution is 7.89. The lowest BCUT2D eigenvalue weighted by atomic mass is 9.87. The molecule has 0 aliphatic heterocycles. The second-order valence-electron chi connectivity index (χ2n) is 8.47. The molecule has 0 aliphatic rings. The van der Waals surface area contributed by atoms with Crippen LogP contribution in [0.2, 0.25) is 0 Å². The maximum atomic E-state index is 11.9. The summed E-state index contributed by atoms with van der Waals surface area (Å²) in [6, 6.07) is 6.29. The van der Waals surface area contributed by atoms with Crippen LogP contribution >= 0.6 is 0 Å². The Morgan fingerprint density at radius 3 is 2.30 bits per heavy atom. The molecule has 0 heterocycles. The van der Waals surface area contributed by atoms with Gasteiger partial charge >= 0.3 is 0 Å². The standard InChI is InChI=1S/C21H37N5O3S/c1-6-7-8-13-21(2,3)16-25-20(24-15-19(27)26(4)5)23-14-17-9-11-18(12-10-17)30(22,28)29/h9-12H,6-8,13-16H2,1-5H3,(H2,22,28,29)(H2,23,24,25). The van der Waals surface area contributed by atoms with Crippen LogP contribution in [0, 0.1) is 5.41 Å². The van der Waals surface area contributed by atoms with E-state index in [0.29, 0.717) is 12.5 Å². The van der Waals surface area contributed by atoms with E-state index in [4.69, 9.17) is 5.14 Å². The minimum absolute atomic E-state index is 0.0517. The highest BCUT2D eigenvalue weighted by atomic mass is 32.2. The number of hydrogen-bond acceptors (Lipinski definition) is 4. The second-order valence-corrected chi connectivity index (χ2v) is 10.0. The van der Waals surface area contributed by atoms with Gasteiger partial charge in [0.05, 0.1) is 18.0 Å². The SMILES string of the molecule is CCCCCC(C)(C)CNC(=NCc1ccc(S(N)(=O)=O)cc1)NCC(=O)N(C)C. The molecule has 0 radical (unpaired) electrons. The Hall–Kier alpha value is -2.13. The van der Waals surface area contributed by atoms with Crippen molar-refractivity contribution >= 4 is 21.9 Å². The Morgan fingerprint density at radius 1 is 1.13 bits per heavy atom. The molecule has 0 aliphatic carbocycles. The van der Waals surface area contributed by atoms with Crippen LogP contribution in [-0.2, 0) is 21.4 Å². The van der Waals surface area contributed by atoms with Gasteiger partial charge in [0, 0.05) is 20.6 Å². The minimum Gasteiger partial charge on any atom is -0.356 e. The van der Waals surface area contributed by atoms with E-state index in [-0.39, 0.29) is 22.8 Å². The quantitative estimate of drug-likeness (QED) is 0.277. The van der Waals surface area contributed by atoms with Gasteiger partial charge < -0.3 is 15.5 Å². The molecule has 1 aromatic rings. The number of primary sulfonamides is 1. The maximum absolute atomic E-state index is 11.9. The number of sulfonamides is 1. The monoisotopic (exact) mass is 439 g/mol. The van der Waals surface area contributed by atoms with E-state index in [0.717, 1.165) is 18.5 Å². The summed E-state index contributed by atoms with van der Waals surface area (Å²) in [6.45, 7) is 7.82. The van der Waals surface area contributed by atoms with E-state index >= 15 is 0 Å². The maximum Gasteiger partial charge on any atom is 0.241 e. The number of hydrogen-bond donors (Lipinski definition) is 3. The first-order valence-corrected chi connectivity index (χ1v) is 11.8. The highest BCUT2D eigenvalue weighted by Gasteiger charge is 2.18. The normalized spacial score (nSPS) is 12.5. The summed E-state index contributed by atoms with van der Waals surface area (Å²) in [5.74, 6) is 0.494. The fourth-order valence-corrected chi connectivity index (χ4v) is 3.23. The number of nitrogens with two attached hydrogens (primary N) is 1. The van der Waals surface area contributed by atoms with Crippen molar-refractivity contribution in [2.45, 2.75) is 57.9 Å². The van der Waals surface area contributed by atoms with E-state index in [1.54, 1.807) is 26.2 Å². The summed E-state index contributed by atoms with van der Waals surface area (Å²) in [4.78, 5) is 18.1. The van der Waals surface area contributed by atoms with Crippen molar-refractivity contribution in [3.05, 3.63) is 29.8 Å². The third-order valence-electron chi connectivity index (χ3n) is 4.77. The van der Waals surface area contributed by atoms with Gasteiger partial charge in [0.25, 0.3) is 0 Å². The lowest BCUT2D eigenvalue weighted by Gasteiger charge is -2.26. The Balaban J connectivity index is 2.82. The fourth-order valence-electron chi connectivity index (χ4n) is 2.71. The summed E-state index contributed by atoms with van der Waals surface area (Å²) >= 11 is 0. The minimum atomic E-state index is -3.71. The van der Waals surface area contributed by atoms with E-state index < -0.39 is 10.0 Å². The van der Waals surface area contributed by atoms with Crippen LogP contribution in [0.1, 0.15) is 52.0 Å². The van der Waals surface area contributed by atoms with Gasteiger partial charge in [-0.25, -0.2) is 18.5 Å². The summed E-state index contributed by atoms with van der Waals surface area (Å²) in [5.41, 5.74) is 0.935. The van der Waals surface area contributed by atoms with Crippen LogP contribution in [0.5, 0.6) is 0 Å². The highest BCUT2D eigenvalue weighted by Crippen LogP contribution is 2.22. The predicted octanol–water partition coefficient (Wildman–Crippen LogP) is 2.06. The number of amides is 1. The zero-order valence-electron chi connectivity index (χ0n) is 18.9. The summed E-state index contributed by atoms with van der Waals surface area (Å²) < 4.78 is 22.8. The van der Waals surface area contributed by atoms with Crippen molar-refractivity contribution < 1.29 is 13.2 Å². The molecule has 0 fully saturated rings. The molecular weight excluding hydrogens is 402 g/mol. The number of guanidine groups is 1. The number of carbonyl (C=O) groups is 1. The van der Waals surface area contributed by atoms with Gasteiger partial charge in [-0.05, 0) is 29.5 Å². The van der Waals surface area contributed by atoms with Crippen LogP contribution in [0.3, 0.4) is 0 Å². The van der Waals surface area contributed by atoms with Crippen LogP contribution in [0.15, 0.2) is 34.2 Å². The summed E-state index contributed by atoms with van der Waals surface area (Å²) in [7, 11) is -0.302. The fraction of sp³-hybridized carbons (Fsp3) is 0.619. The molecule has 0 saturated heterocycles. The molecule has 1 aromatic carbocycles. The van der Waals surface area contributed by atoms with E-state index in [9.17, 15) is 13.2 Å². The molecule has 0 atom stereocenters. The van der Waals surface area contributed by atoms with Crippen molar-refractivity contribution in [1.29, 1.82) is 0 Å². The molecule has 0 aromatic heterocycles. The Labute approximate surface area is 181 Å². The zero-order chi connectivity index (χ0) is 22.8. The molecule has 9 heteroatoms. The lowest BCUT2D eigenvalue weighted by Crippen LogP contribution is -2.45. The molecule has 0 bridgehead atoms. The number of carbonyl (C=O) groups excluding carboxylic acids is 1. The average molecular weight is 440 g/mol. The molecule has 8 nitrogen and oxygen atoms in total. The smallest absolute Gasteiger partial charge is 0.241 e. The molecule has 0 spiro atoms. The van der Waals surface area contributed by atoms with Crippen LogP contribution in [-0.4, -0.2) is 52.4 Å². The first-order valence-electron chi connectivity index (χ1n) is 10.3. The number of nitrogens with zero attached hydrogens (tertiary/aromatic N) is 2. The van der Waals surface area contributed by atoms with Crippen LogP contribution in [0.25, 0.3) is 0 Å². The van der Waals surface area contributed by atoms with E-state index in [2.05, 4.69) is 36.4 Å². The van der Waals surface area contributed by atoms with E-state index in [1.165, 1.54) is 36.3 Å². The third-order valence-corrected chi connectivity index (χ3v) is 5.70. The van der Waals surface area contributed by atoms with Crippen molar-refractivity contribution in [3.63, 3.8) is 0 Å². The largest absolute Gasteiger partial charge is 0.356 e. The van der Waals surface area contributed by atoms with Gasteiger partial charge in [-0.2, -0.15) is 0 Å². The first-order chi connectivity index (χ1) is 13.9. The van der Waals surface area contributed by atoms with E-state index in [1.807, 2.05) is 0 Å². The third kappa shape index (κ3) is 10.1. The second kappa shape index (κ2) is 11.9. The lowest BCUT2D eigenvalue weighted by molar-refractivity contribution is -0.127. The summed E-state index contributed by atoms with van der Waals surface area (Å²) in [5, 5.41) is 11.6. The van der Waals surface area contributed by atoms with Gasteiger partial charge in [0.2, 0.25) is 15.9 Å². The number of aliphatic imine (C=N–C) groups is 1. The summed E-state index contributed by atoms with van der Waals surface area (Å²) in [6.07, 6.45) is 4.69. The molecule has 170 valence electrons. The Kier molecular flexibility index (Phi) is 10.3. The van der Waals surface area contributed by atoms with Crippen LogP contribution < -0.4 is 15.8 Å². The van der Waals surface area contributed by atoms with Gasteiger partial charge in [-0.15, -0.1) is 0 Å². The Morgan fingerprint density at radius 2 is 1.77 bits per heavy atom. The van der Waals surface area contributed by atoms with Gasteiger partial charge in [-0.3, -0.25) is 4.79 Å². The number of nitrogens with one attached hydrogen (secondary N) is 2. The molecule has 0 saturated carbocycles. The molecule has 30 heavy (non-hydrogen) atoms. The van der Waals surface area contributed by atoms with Crippen molar-refractivity contribution in [2.75, 3.05) is 27.2 Å². The Bertz CT molecular complexity index is 802. The average Bonchev–Trinajstić information content (AvgIpc) is 2.66. The topological polar surface area (TPSA) is 117 Å². The van der Waals surface area contributed by atoms with Crippen molar-refractivity contribution in [2.24, 2.45) is 15.5 Å². The van der Waals surface area contributed by atoms with Gasteiger partial charge in [0.1, 0.15) is 0 Å². The molecule has 1 amide bonds.